The van der Waals surface area contributed by atoms with Gasteiger partial charge in [-0.05, 0) is 48.6 Å². The normalized spacial score (nSPS) is 26.4. The third kappa shape index (κ3) is 2.98. The number of rotatable bonds is 3. The van der Waals surface area contributed by atoms with Crippen LogP contribution >= 0.6 is 0 Å². The van der Waals surface area contributed by atoms with Gasteiger partial charge in [0, 0.05) is 48.7 Å². The van der Waals surface area contributed by atoms with Crippen LogP contribution in [0.3, 0.4) is 0 Å². The minimum Gasteiger partial charge on any atom is -0.358 e. The predicted molar refractivity (Wildman–Crippen MR) is 176 cm³/mol. The number of aryl methyl sites for hydroxylation is 1. The Morgan fingerprint density at radius 1 is 0.791 bits per heavy atom. The minimum atomic E-state index is -0.349. The van der Waals surface area contributed by atoms with Gasteiger partial charge in [0.15, 0.2) is 11.6 Å². The Morgan fingerprint density at radius 3 is 2.23 bits per heavy atom. The van der Waals surface area contributed by atoms with Crippen LogP contribution in [-0.2, 0) is 5.41 Å². The first-order valence-electron chi connectivity index (χ1n) is 15.4. The van der Waals surface area contributed by atoms with Crippen molar-refractivity contribution >= 4 is 28.5 Å². The molecule has 6 nitrogen and oxygen atoms in total. The van der Waals surface area contributed by atoms with Crippen LogP contribution < -0.4 is 14.7 Å². The number of para-hydroxylation sites is 2. The summed E-state index contributed by atoms with van der Waals surface area (Å²) in [4.78, 5) is 20.2. The largest absolute Gasteiger partial charge is 0.358 e. The number of fused-ring (bicyclic) bond motifs is 12. The van der Waals surface area contributed by atoms with E-state index < -0.39 is 0 Å². The average molecular weight is 567 g/mol. The number of aromatic nitrogens is 2. The van der Waals surface area contributed by atoms with Gasteiger partial charge >= 0.3 is 0 Å². The van der Waals surface area contributed by atoms with Gasteiger partial charge in [-0.2, -0.15) is 0 Å². The molecule has 216 valence electrons. The molecule has 5 heterocycles. The van der Waals surface area contributed by atoms with Gasteiger partial charge < -0.3 is 19.6 Å². The molecule has 8 rings (SSSR count). The van der Waals surface area contributed by atoms with Crippen molar-refractivity contribution in [2.24, 2.45) is 5.41 Å². The smallest absolute Gasteiger partial charge is 0.161 e. The van der Waals surface area contributed by atoms with Crippen LogP contribution in [0.5, 0.6) is 0 Å². The van der Waals surface area contributed by atoms with Crippen molar-refractivity contribution in [1.82, 2.24) is 14.9 Å². The van der Waals surface area contributed by atoms with Crippen LogP contribution in [0.25, 0.3) is 17.0 Å². The second-order valence-corrected chi connectivity index (χ2v) is 12.5. The molecule has 0 amide bonds. The van der Waals surface area contributed by atoms with E-state index in [1.54, 1.807) is 0 Å². The Morgan fingerprint density at radius 2 is 1.49 bits per heavy atom. The Bertz CT molecular complexity index is 1830. The summed E-state index contributed by atoms with van der Waals surface area (Å²) >= 11 is 0. The summed E-state index contributed by atoms with van der Waals surface area (Å²) in [6.07, 6.45) is 8.46. The van der Waals surface area contributed by atoms with E-state index in [2.05, 4.69) is 140 Å². The highest BCUT2D eigenvalue weighted by atomic mass is 15.5. The Kier molecular flexibility index (Phi) is 5.44. The zero-order valence-electron chi connectivity index (χ0n) is 25.6. The lowest BCUT2D eigenvalue weighted by molar-refractivity contribution is 0.0205. The molecule has 6 heteroatoms. The third-order valence-corrected chi connectivity index (χ3v) is 10.9. The van der Waals surface area contributed by atoms with Gasteiger partial charge in [-0.15, -0.1) is 0 Å². The van der Waals surface area contributed by atoms with Crippen LogP contribution in [-0.4, -0.2) is 41.3 Å². The van der Waals surface area contributed by atoms with E-state index in [1.165, 1.54) is 33.6 Å². The van der Waals surface area contributed by atoms with E-state index in [1.807, 2.05) is 6.20 Å². The fourth-order valence-corrected chi connectivity index (χ4v) is 9.26. The molecule has 4 aliphatic heterocycles. The van der Waals surface area contributed by atoms with Crippen molar-refractivity contribution in [3.05, 3.63) is 115 Å². The summed E-state index contributed by atoms with van der Waals surface area (Å²) in [6, 6.07) is 26.2. The lowest BCUT2D eigenvalue weighted by atomic mass is 9.48. The molecular formula is C37H38N6. The van der Waals surface area contributed by atoms with Gasteiger partial charge in [0.25, 0.3) is 0 Å². The molecule has 0 fully saturated rings. The Labute approximate surface area is 254 Å². The van der Waals surface area contributed by atoms with E-state index in [9.17, 15) is 0 Å². The molecule has 1 aromatic heterocycles. The topological polar surface area (TPSA) is 38.7 Å². The summed E-state index contributed by atoms with van der Waals surface area (Å²) in [6.45, 7) is 11.9. The van der Waals surface area contributed by atoms with E-state index in [0.29, 0.717) is 0 Å². The van der Waals surface area contributed by atoms with Crippen molar-refractivity contribution in [2.75, 3.05) is 28.8 Å². The SMILES string of the molecule is C=C1c2ccccc2N2c3cnc(-c4ccccc4C)nc3N(C)C2C2(CC)C3N(C)C=CN3c3ccccc3C12CC. The Balaban J connectivity index is 1.47. The lowest BCUT2D eigenvalue weighted by Gasteiger charge is -2.64. The molecule has 0 saturated carbocycles. The maximum Gasteiger partial charge on any atom is 0.161 e. The van der Waals surface area contributed by atoms with Gasteiger partial charge in [0.1, 0.15) is 18.0 Å². The number of benzene rings is 3. The minimum absolute atomic E-state index is 0.0440. The van der Waals surface area contributed by atoms with Gasteiger partial charge in [0.2, 0.25) is 0 Å². The van der Waals surface area contributed by atoms with Crippen molar-refractivity contribution in [1.29, 1.82) is 0 Å². The van der Waals surface area contributed by atoms with Gasteiger partial charge in [-0.1, -0.05) is 81.1 Å². The average Bonchev–Trinajstić information content (AvgIpc) is 3.55. The first kappa shape index (κ1) is 26.1. The van der Waals surface area contributed by atoms with E-state index in [-0.39, 0.29) is 23.2 Å². The van der Waals surface area contributed by atoms with Crippen LogP contribution in [0.15, 0.2) is 98.0 Å². The zero-order chi connectivity index (χ0) is 29.7. The van der Waals surface area contributed by atoms with Crippen LogP contribution in [0.1, 0.15) is 43.4 Å². The maximum atomic E-state index is 5.32. The van der Waals surface area contributed by atoms with Crippen molar-refractivity contribution < 1.29 is 0 Å². The van der Waals surface area contributed by atoms with Crippen molar-refractivity contribution in [2.45, 2.75) is 51.4 Å². The highest BCUT2D eigenvalue weighted by Gasteiger charge is 2.71. The first-order valence-corrected chi connectivity index (χ1v) is 15.4. The number of anilines is 4. The molecule has 0 N–H and O–H groups in total. The van der Waals surface area contributed by atoms with Gasteiger partial charge in [-0.25, -0.2) is 9.97 Å². The molecule has 4 aromatic rings. The Hall–Kier alpha value is -4.58. The first-order chi connectivity index (χ1) is 20.9. The van der Waals surface area contributed by atoms with E-state index in [4.69, 9.17) is 16.5 Å². The van der Waals surface area contributed by atoms with Crippen LogP contribution in [0.4, 0.5) is 22.9 Å². The zero-order valence-corrected chi connectivity index (χ0v) is 25.6. The molecule has 0 saturated heterocycles. The standard InChI is InChI=1S/C37H38N6/c1-7-36-25(4)27-17-11-13-19-29(27)43-31-23-38-32(26-16-10-9-15-24(26)3)39-33(31)41(6)35(43)37(36,8-2)34-40(5)21-22-42(34)30-20-14-12-18-28(30)36/h9-23,34-35H,4,7-8H2,1-3,5-6H3. The highest BCUT2D eigenvalue weighted by molar-refractivity contribution is 5.94. The molecule has 0 spiro atoms. The molecule has 0 radical (unpaired) electrons. The molecular weight excluding hydrogens is 528 g/mol. The summed E-state index contributed by atoms with van der Waals surface area (Å²) in [7, 11) is 4.47. The quantitative estimate of drug-likeness (QED) is 0.253. The molecule has 4 aliphatic rings. The fourth-order valence-electron chi connectivity index (χ4n) is 9.26. The predicted octanol–water partition coefficient (Wildman–Crippen LogP) is 7.70. The second-order valence-electron chi connectivity index (χ2n) is 12.5. The maximum absolute atomic E-state index is 5.32. The summed E-state index contributed by atoms with van der Waals surface area (Å²) < 4.78 is 0. The van der Waals surface area contributed by atoms with Crippen molar-refractivity contribution in [3.63, 3.8) is 0 Å². The molecule has 3 aromatic carbocycles. The number of nitrogens with zero attached hydrogens (tertiary/aromatic N) is 6. The lowest BCUT2D eigenvalue weighted by Crippen LogP contribution is -2.72. The monoisotopic (exact) mass is 566 g/mol. The van der Waals surface area contributed by atoms with E-state index in [0.717, 1.165) is 35.7 Å². The molecule has 0 aliphatic carbocycles. The van der Waals surface area contributed by atoms with Gasteiger partial charge in [-0.3, -0.25) is 0 Å². The van der Waals surface area contributed by atoms with E-state index >= 15 is 0 Å². The molecule has 43 heavy (non-hydrogen) atoms. The molecule has 0 bridgehead atoms. The number of hydrogen-bond donors (Lipinski definition) is 0. The highest BCUT2D eigenvalue weighted by Crippen LogP contribution is 2.70. The van der Waals surface area contributed by atoms with Crippen molar-refractivity contribution in [3.8, 4) is 11.4 Å². The second kappa shape index (κ2) is 8.96. The number of allylic oxidation sites excluding steroid dienone is 1. The molecule has 4 atom stereocenters. The summed E-state index contributed by atoms with van der Waals surface area (Å²) in [5, 5.41) is 0. The summed E-state index contributed by atoms with van der Waals surface area (Å²) in [5.41, 5.74) is 8.81. The summed E-state index contributed by atoms with van der Waals surface area (Å²) in [5.74, 6) is 1.74. The molecule has 4 unspecified atom stereocenters. The fraction of sp³-hybridized carbons (Fsp3) is 0.297. The number of hydrogen-bond acceptors (Lipinski definition) is 6. The van der Waals surface area contributed by atoms with Crippen LogP contribution in [0, 0.1) is 12.3 Å². The third-order valence-electron chi connectivity index (χ3n) is 10.9. The van der Waals surface area contributed by atoms with Gasteiger partial charge in [0.05, 0.1) is 17.3 Å². The van der Waals surface area contributed by atoms with Crippen LogP contribution in [0.2, 0.25) is 0 Å².